The first kappa shape index (κ1) is 20.5. The molecule has 6 nitrogen and oxygen atoms in total. The number of carbonyl (C=O) groups excluding carboxylic acids is 1. The van der Waals surface area contributed by atoms with E-state index in [1.165, 1.54) is 0 Å². The van der Waals surface area contributed by atoms with Crippen LogP contribution in [-0.4, -0.2) is 35.4 Å². The molecule has 1 aromatic heterocycles. The lowest BCUT2D eigenvalue weighted by Gasteiger charge is -2.12. The minimum atomic E-state index is 0.00723. The van der Waals surface area contributed by atoms with Crippen LogP contribution < -0.4 is 14.8 Å². The van der Waals surface area contributed by atoms with Crippen molar-refractivity contribution >= 4 is 5.91 Å². The van der Waals surface area contributed by atoms with Gasteiger partial charge in [-0.3, -0.25) is 4.79 Å². The number of rotatable bonds is 10. The summed E-state index contributed by atoms with van der Waals surface area (Å²) in [7, 11) is 0. The van der Waals surface area contributed by atoms with E-state index in [0.29, 0.717) is 26.2 Å². The maximum atomic E-state index is 12.3. The summed E-state index contributed by atoms with van der Waals surface area (Å²) in [6.45, 7) is 5.65. The zero-order valence-corrected chi connectivity index (χ0v) is 16.9. The Morgan fingerprint density at radius 1 is 1.00 bits per heavy atom. The molecule has 3 rings (SSSR count). The maximum Gasteiger partial charge on any atom is 0.224 e. The SMILES string of the molecule is CCOc1ccc(CCNC(=O)Cc2ccc(-n3cccn3)cc2)cc1OCC. The standard InChI is InChI=1S/C23H27N3O3/c1-3-28-21-11-8-19(16-22(21)29-4-2)12-14-24-23(27)17-18-6-9-20(10-7-18)26-15-5-13-25-26/h5-11,13,15-16H,3-4,12,14,17H2,1-2H3,(H,24,27). The van der Waals surface area contributed by atoms with Gasteiger partial charge in [0, 0.05) is 18.9 Å². The smallest absolute Gasteiger partial charge is 0.224 e. The summed E-state index contributed by atoms with van der Waals surface area (Å²) in [5.74, 6) is 1.50. The minimum Gasteiger partial charge on any atom is -0.490 e. The summed E-state index contributed by atoms with van der Waals surface area (Å²) in [5.41, 5.74) is 3.04. The maximum absolute atomic E-state index is 12.3. The summed E-state index contributed by atoms with van der Waals surface area (Å²) in [6.07, 6.45) is 4.71. The van der Waals surface area contributed by atoms with Gasteiger partial charge in [0.2, 0.25) is 5.91 Å². The van der Waals surface area contributed by atoms with Crippen LogP contribution in [0.4, 0.5) is 0 Å². The second kappa shape index (κ2) is 10.3. The van der Waals surface area contributed by atoms with Crippen LogP contribution in [-0.2, 0) is 17.6 Å². The van der Waals surface area contributed by atoms with Gasteiger partial charge in [-0.25, -0.2) is 4.68 Å². The molecule has 0 radical (unpaired) electrons. The molecule has 1 heterocycles. The topological polar surface area (TPSA) is 65.4 Å². The molecule has 0 aliphatic heterocycles. The Labute approximate surface area is 171 Å². The van der Waals surface area contributed by atoms with Crippen molar-refractivity contribution in [3.63, 3.8) is 0 Å². The molecule has 0 saturated carbocycles. The highest BCUT2D eigenvalue weighted by atomic mass is 16.5. The second-order valence-corrected chi connectivity index (χ2v) is 6.54. The molecule has 0 spiro atoms. The van der Waals surface area contributed by atoms with Gasteiger partial charge in [-0.2, -0.15) is 5.10 Å². The summed E-state index contributed by atoms with van der Waals surface area (Å²) < 4.78 is 13.0. The van der Waals surface area contributed by atoms with Gasteiger partial charge in [-0.1, -0.05) is 18.2 Å². The van der Waals surface area contributed by atoms with Crippen molar-refractivity contribution in [3.8, 4) is 17.2 Å². The van der Waals surface area contributed by atoms with E-state index in [0.717, 1.165) is 34.7 Å². The fourth-order valence-corrected chi connectivity index (χ4v) is 3.03. The van der Waals surface area contributed by atoms with E-state index in [4.69, 9.17) is 9.47 Å². The molecular weight excluding hydrogens is 366 g/mol. The number of amides is 1. The van der Waals surface area contributed by atoms with E-state index < -0.39 is 0 Å². The molecule has 0 bridgehead atoms. The lowest BCUT2D eigenvalue weighted by atomic mass is 10.1. The van der Waals surface area contributed by atoms with Crippen LogP contribution >= 0.6 is 0 Å². The van der Waals surface area contributed by atoms with Crippen LogP contribution in [0, 0.1) is 0 Å². The molecule has 0 aliphatic carbocycles. The van der Waals surface area contributed by atoms with Crippen LogP contribution in [0.1, 0.15) is 25.0 Å². The molecule has 152 valence electrons. The van der Waals surface area contributed by atoms with Crippen LogP contribution in [0.25, 0.3) is 5.69 Å². The zero-order chi connectivity index (χ0) is 20.5. The van der Waals surface area contributed by atoms with E-state index in [2.05, 4.69) is 10.4 Å². The summed E-state index contributed by atoms with van der Waals surface area (Å²) in [4.78, 5) is 12.3. The quantitative estimate of drug-likeness (QED) is 0.572. The highest BCUT2D eigenvalue weighted by Gasteiger charge is 2.08. The number of hydrogen-bond donors (Lipinski definition) is 1. The molecule has 0 atom stereocenters. The molecule has 0 saturated heterocycles. The Morgan fingerprint density at radius 2 is 1.72 bits per heavy atom. The fourth-order valence-electron chi connectivity index (χ4n) is 3.03. The molecule has 29 heavy (non-hydrogen) atoms. The lowest BCUT2D eigenvalue weighted by molar-refractivity contribution is -0.120. The van der Waals surface area contributed by atoms with Crippen molar-refractivity contribution in [3.05, 3.63) is 72.1 Å². The van der Waals surface area contributed by atoms with Gasteiger partial charge in [0.05, 0.1) is 25.3 Å². The van der Waals surface area contributed by atoms with Crippen molar-refractivity contribution in [2.24, 2.45) is 0 Å². The molecular formula is C23H27N3O3. The van der Waals surface area contributed by atoms with Crippen molar-refractivity contribution in [2.75, 3.05) is 19.8 Å². The van der Waals surface area contributed by atoms with Crippen LogP contribution in [0.5, 0.6) is 11.5 Å². The van der Waals surface area contributed by atoms with E-state index in [-0.39, 0.29) is 5.91 Å². The number of nitrogens with one attached hydrogen (secondary N) is 1. The van der Waals surface area contributed by atoms with E-state index in [1.807, 2.05) is 68.6 Å². The molecule has 2 aromatic carbocycles. The van der Waals surface area contributed by atoms with Crippen molar-refractivity contribution < 1.29 is 14.3 Å². The number of carbonyl (C=O) groups is 1. The Hall–Kier alpha value is -3.28. The number of hydrogen-bond acceptors (Lipinski definition) is 4. The number of ether oxygens (including phenoxy) is 2. The van der Waals surface area contributed by atoms with E-state index >= 15 is 0 Å². The van der Waals surface area contributed by atoms with E-state index in [9.17, 15) is 4.79 Å². The van der Waals surface area contributed by atoms with Crippen LogP contribution in [0.3, 0.4) is 0 Å². The van der Waals surface area contributed by atoms with Crippen LogP contribution in [0.15, 0.2) is 60.9 Å². The Bertz CT molecular complexity index is 906. The monoisotopic (exact) mass is 393 g/mol. The van der Waals surface area contributed by atoms with Gasteiger partial charge in [0.25, 0.3) is 0 Å². The van der Waals surface area contributed by atoms with Crippen molar-refractivity contribution in [1.82, 2.24) is 15.1 Å². The molecule has 0 aliphatic rings. The molecule has 0 unspecified atom stereocenters. The average molecular weight is 393 g/mol. The van der Waals surface area contributed by atoms with Gasteiger partial charge in [-0.05, 0) is 61.7 Å². The third-order valence-corrected chi connectivity index (χ3v) is 4.41. The first-order chi connectivity index (χ1) is 14.2. The Kier molecular flexibility index (Phi) is 7.28. The highest BCUT2D eigenvalue weighted by Crippen LogP contribution is 2.28. The number of nitrogens with zero attached hydrogens (tertiary/aromatic N) is 2. The summed E-state index contributed by atoms with van der Waals surface area (Å²) in [5, 5.41) is 7.18. The lowest BCUT2D eigenvalue weighted by Crippen LogP contribution is -2.27. The Morgan fingerprint density at radius 3 is 2.41 bits per heavy atom. The first-order valence-corrected chi connectivity index (χ1v) is 9.93. The third kappa shape index (κ3) is 5.85. The van der Waals surface area contributed by atoms with Gasteiger partial charge < -0.3 is 14.8 Å². The second-order valence-electron chi connectivity index (χ2n) is 6.54. The van der Waals surface area contributed by atoms with Crippen molar-refractivity contribution in [1.29, 1.82) is 0 Å². The van der Waals surface area contributed by atoms with Gasteiger partial charge in [-0.15, -0.1) is 0 Å². The summed E-state index contributed by atoms with van der Waals surface area (Å²) in [6, 6.07) is 15.6. The molecule has 0 fully saturated rings. The number of aromatic nitrogens is 2. The average Bonchev–Trinajstić information content (AvgIpc) is 3.26. The minimum absolute atomic E-state index is 0.00723. The molecule has 3 aromatic rings. The summed E-state index contributed by atoms with van der Waals surface area (Å²) >= 11 is 0. The van der Waals surface area contributed by atoms with Gasteiger partial charge in [0.1, 0.15) is 0 Å². The first-order valence-electron chi connectivity index (χ1n) is 9.93. The molecule has 1 amide bonds. The van der Waals surface area contributed by atoms with Crippen molar-refractivity contribution in [2.45, 2.75) is 26.7 Å². The highest BCUT2D eigenvalue weighted by molar-refractivity contribution is 5.78. The predicted molar refractivity (Wildman–Crippen MR) is 113 cm³/mol. The molecule has 6 heteroatoms. The number of benzene rings is 2. The third-order valence-electron chi connectivity index (χ3n) is 4.41. The zero-order valence-electron chi connectivity index (χ0n) is 16.9. The molecule has 1 N–H and O–H groups in total. The largest absolute Gasteiger partial charge is 0.490 e. The predicted octanol–water partition coefficient (Wildman–Crippen LogP) is 3.57. The van der Waals surface area contributed by atoms with Gasteiger partial charge >= 0.3 is 0 Å². The van der Waals surface area contributed by atoms with E-state index in [1.54, 1.807) is 10.9 Å². The Balaban J connectivity index is 1.49. The normalized spacial score (nSPS) is 10.6. The van der Waals surface area contributed by atoms with Gasteiger partial charge in [0.15, 0.2) is 11.5 Å². The van der Waals surface area contributed by atoms with Crippen LogP contribution in [0.2, 0.25) is 0 Å². The fraction of sp³-hybridized carbons (Fsp3) is 0.304.